The lowest BCUT2D eigenvalue weighted by atomic mass is 10.0. The molecule has 0 aliphatic carbocycles. The molecule has 0 aromatic heterocycles. The average Bonchev–Trinajstić information content (AvgIpc) is 2.93. The van der Waals surface area contributed by atoms with Crippen LogP contribution in [0.15, 0.2) is 95.9 Å². The third-order valence-electron chi connectivity index (χ3n) is 6.39. The van der Waals surface area contributed by atoms with Crippen molar-refractivity contribution in [3.8, 4) is 11.5 Å². The zero-order valence-corrected chi connectivity index (χ0v) is 23.8. The lowest BCUT2D eigenvalue weighted by Gasteiger charge is -2.29. The lowest BCUT2D eigenvalue weighted by Crippen LogP contribution is -2.29. The molecule has 0 saturated carbocycles. The second kappa shape index (κ2) is 13.3. The average molecular weight is 626 g/mol. The third kappa shape index (κ3) is 8.36. The third-order valence-corrected chi connectivity index (χ3v) is 7.61. The predicted molar refractivity (Wildman–Crippen MR) is 153 cm³/mol. The van der Waals surface area contributed by atoms with Gasteiger partial charge in [-0.1, -0.05) is 61.0 Å². The van der Waals surface area contributed by atoms with Crippen LogP contribution in [0.2, 0.25) is 5.02 Å². The molecule has 1 unspecified atom stereocenters. The van der Waals surface area contributed by atoms with E-state index in [4.69, 9.17) is 16.3 Å². The highest BCUT2D eigenvalue weighted by Crippen LogP contribution is 2.40. The van der Waals surface area contributed by atoms with Crippen LogP contribution in [0.4, 0.5) is 32.0 Å². The summed E-state index contributed by atoms with van der Waals surface area (Å²) in [7, 11) is 0. The Bertz CT molecular complexity index is 1510. The van der Waals surface area contributed by atoms with Crippen molar-refractivity contribution in [3.63, 3.8) is 0 Å². The summed E-state index contributed by atoms with van der Waals surface area (Å²) in [5, 5.41) is 11.6. The van der Waals surface area contributed by atoms with Gasteiger partial charge < -0.3 is 14.7 Å². The van der Waals surface area contributed by atoms with Crippen LogP contribution in [0.25, 0.3) is 0 Å². The number of ether oxygens (including phenoxy) is 1. The highest BCUT2D eigenvalue weighted by molar-refractivity contribution is 8.00. The number of nitrogens with zero attached hydrogens (tertiary/aromatic N) is 1. The molecule has 4 aromatic carbocycles. The Balaban J connectivity index is 1.71. The van der Waals surface area contributed by atoms with Gasteiger partial charge in [0.15, 0.2) is 0 Å². The maximum absolute atomic E-state index is 13.7. The number of thioether (sulfide) groups is 1. The standard InChI is InChI=1S/C31H26ClF6NO2S/c1-2-20-16-24(14-15-27(20)32)41-23-10-7-9-22(17-23)39(18-21-8-3-6-13-29(21)42-31(36,37)38)19-28(40)25-11-4-5-12-26(25)30(33,34)35/h3-17,28,40H,2,18-19H2,1H3. The van der Waals surface area contributed by atoms with Gasteiger partial charge in [0.25, 0.3) is 0 Å². The largest absolute Gasteiger partial charge is 0.457 e. The summed E-state index contributed by atoms with van der Waals surface area (Å²) >= 11 is 5.93. The maximum Gasteiger partial charge on any atom is 0.446 e. The lowest BCUT2D eigenvalue weighted by molar-refractivity contribution is -0.139. The van der Waals surface area contributed by atoms with Crippen molar-refractivity contribution in [1.29, 1.82) is 0 Å². The van der Waals surface area contributed by atoms with Crippen LogP contribution in [0.1, 0.15) is 35.3 Å². The fraction of sp³-hybridized carbons (Fsp3) is 0.226. The Kier molecular flexibility index (Phi) is 10.0. The van der Waals surface area contributed by atoms with Gasteiger partial charge >= 0.3 is 11.7 Å². The van der Waals surface area contributed by atoms with E-state index in [1.807, 2.05) is 6.92 Å². The summed E-state index contributed by atoms with van der Waals surface area (Å²) < 4.78 is 87.0. The molecule has 0 radical (unpaired) electrons. The van der Waals surface area contributed by atoms with Gasteiger partial charge in [-0.05, 0) is 77.3 Å². The molecule has 0 heterocycles. The van der Waals surface area contributed by atoms with Crippen LogP contribution in [0, 0.1) is 0 Å². The van der Waals surface area contributed by atoms with Gasteiger partial charge in [-0.3, -0.25) is 0 Å². The fourth-order valence-electron chi connectivity index (χ4n) is 4.44. The number of rotatable bonds is 10. The molecule has 0 saturated heterocycles. The number of alkyl halides is 6. The van der Waals surface area contributed by atoms with E-state index in [9.17, 15) is 31.4 Å². The Hall–Kier alpha value is -3.34. The molecule has 4 aromatic rings. The quantitative estimate of drug-likeness (QED) is 0.140. The minimum absolute atomic E-state index is 0.0548. The van der Waals surface area contributed by atoms with Gasteiger partial charge in [-0.2, -0.15) is 26.3 Å². The molecule has 3 nitrogen and oxygen atoms in total. The van der Waals surface area contributed by atoms with E-state index in [1.165, 1.54) is 41.3 Å². The Morgan fingerprint density at radius 2 is 1.52 bits per heavy atom. The molecule has 222 valence electrons. The molecule has 0 spiro atoms. The Morgan fingerprint density at radius 3 is 2.24 bits per heavy atom. The summed E-state index contributed by atoms with van der Waals surface area (Å²) in [5.41, 5.74) is -4.29. The number of aliphatic hydroxyl groups is 1. The Labute approximate surface area is 248 Å². The first-order valence-electron chi connectivity index (χ1n) is 12.8. The summed E-state index contributed by atoms with van der Waals surface area (Å²) in [6.07, 6.45) is -5.64. The van der Waals surface area contributed by atoms with Crippen molar-refractivity contribution in [2.45, 2.75) is 42.6 Å². The molecule has 42 heavy (non-hydrogen) atoms. The second-order valence-corrected chi connectivity index (χ2v) is 10.9. The first-order valence-corrected chi connectivity index (χ1v) is 14.0. The minimum Gasteiger partial charge on any atom is -0.457 e. The molecule has 0 aliphatic rings. The molecule has 0 amide bonds. The summed E-state index contributed by atoms with van der Waals surface area (Å²) in [4.78, 5) is 1.47. The number of benzene rings is 4. The van der Waals surface area contributed by atoms with E-state index in [2.05, 4.69) is 0 Å². The van der Waals surface area contributed by atoms with Crippen LogP contribution in [0.5, 0.6) is 11.5 Å². The van der Waals surface area contributed by atoms with Crippen molar-refractivity contribution in [3.05, 3.63) is 118 Å². The van der Waals surface area contributed by atoms with E-state index in [0.29, 0.717) is 28.6 Å². The SMILES string of the molecule is CCc1cc(Oc2cccc(N(Cc3ccccc3SC(F)(F)F)CC(O)c3ccccc3C(F)(F)F)c2)ccc1Cl. The Morgan fingerprint density at radius 1 is 0.833 bits per heavy atom. The monoisotopic (exact) mass is 625 g/mol. The van der Waals surface area contributed by atoms with Crippen LogP contribution < -0.4 is 9.64 Å². The second-order valence-electron chi connectivity index (χ2n) is 9.34. The molecular weight excluding hydrogens is 600 g/mol. The zero-order chi connectivity index (χ0) is 30.5. The predicted octanol–water partition coefficient (Wildman–Crippen LogP) is 10.1. The molecule has 4 rings (SSSR count). The molecule has 0 fully saturated rings. The number of aliphatic hydroxyl groups excluding tert-OH is 1. The molecule has 0 aliphatic heterocycles. The number of hydrogen-bond acceptors (Lipinski definition) is 4. The first kappa shape index (κ1) is 31.6. The normalized spacial score (nSPS) is 12.7. The highest BCUT2D eigenvalue weighted by Gasteiger charge is 2.35. The minimum atomic E-state index is -4.71. The van der Waals surface area contributed by atoms with E-state index >= 15 is 0 Å². The van der Waals surface area contributed by atoms with Crippen LogP contribution in [-0.4, -0.2) is 17.2 Å². The van der Waals surface area contributed by atoms with Gasteiger partial charge in [-0.15, -0.1) is 0 Å². The molecule has 1 atom stereocenters. The van der Waals surface area contributed by atoms with Crippen LogP contribution >= 0.6 is 23.4 Å². The molecule has 1 N–H and O–H groups in total. The number of aryl methyl sites for hydroxylation is 1. The van der Waals surface area contributed by atoms with Gasteiger partial charge in [0.2, 0.25) is 0 Å². The van der Waals surface area contributed by atoms with Gasteiger partial charge in [0.1, 0.15) is 11.5 Å². The zero-order valence-electron chi connectivity index (χ0n) is 22.2. The van der Waals surface area contributed by atoms with E-state index in [-0.39, 0.29) is 40.9 Å². The van der Waals surface area contributed by atoms with E-state index < -0.39 is 23.4 Å². The topological polar surface area (TPSA) is 32.7 Å². The van der Waals surface area contributed by atoms with Crippen LogP contribution in [0.3, 0.4) is 0 Å². The number of halogens is 7. The first-order chi connectivity index (χ1) is 19.8. The molecule has 11 heteroatoms. The van der Waals surface area contributed by atoms with Gasteiger partial charge in [-0.25, -0.2) is 0 Å². The van der Waals surface area contributed by atoms with Crippen molar-refractivity contribution in [2.75, 3.05) is 11.4 Å². The van der Waals surface area contributed by atoms with E-state index in [1.54, 1.807) is 48.5 Å². The van der Waals surface area contributed by atoms with Gasteiger partial charge in [0.05, 0.1) is 11.7 Å². The van der Waals surface area contributed by atoms with Crippen molar-refractivity contribution in [1.82, 2.24) is 0 Å². The molecule has 0 bridgehead atoms. The summed E-state index contributed by atoms with van der Waals surface area (Å²) in [5.74, 6) is 0.885. The smallest absolute Gasteiger partial charge is 0.446 e. The summed E-state index contributed by atoms with van der Waals surface area (Å²) in [6.45, 7) is 1.47. The summed E-state index contributed by atoms with van der Waals surface area (Å²) in [6, 6.07) is 22.3. The van der Waals surface area contributed by atoms with Crippen molar-refractivity contribution in [2.24, 2.45) is 0 Å². The maximum atomic E-state index is 13.7. The molecular formula is C31H26ClF6NO2S. The number of hydrogen-bond donors (Lipinski definition) is 1. The van der Waals surface area contributed by atoms with Crippen LogP contribution in [-0.2, 0) is 19.1 Å². The number of anilines is 1. The van der Waals surface area contributed by atoms with Gasteiger partial charge in [0, 0.05) is 34.8 Å². The highest BCUT2D eigenvalue weighted by atomic mass is 35.5. The van der Waals surface area contributed by atoms with Crippen molar-refractivity contribution >= 4 is 29.1 Å². The fourth-order valence-corrected chi connectivity index (χ4v) is 5.35. The van der Waals surface area contributed by atoms with E-state index in [0.717, 1.165) is 11.6 Å². The van der Waals surface area contributed by atoms with Crippen molar-refractivity contribution < 1.29 is 36.2 Å².